The second-order valence-corrected chi connectivity index (χ2v) is 2.70. The Bertz CT molecular complexity index is 306. The van der Waals surface area contributed by atoms with Crippen molar-refractivity contribution in [3.63, 3.8) is 0 Å². The number of carboxylic acids is 2. The van der Waals surface area contributed by atoms with Crippen LogP contribution in [0.1, 0.15) is 18.6 Å². The van der Waals surface area contributed by atoms with Gasteiger partial charge in [0, 0.05) is 0 Å². The number of rotatable bonds is 1. The molecule has 1 aromatic carbocycles. The standard InChI is InChI=1S/C8H10O.C2H2O4/c1-7(9)8-5-3-2-4-6-8;3-1(4)2(5)6/h2-7,9H,1H3;(H,3,4)(H,5,6). The summed E-state index contributed by atoms with van der Waals surface area (Å²) < 4.78 is 0. The smallest absolute Gasteiger partial charge is 0.414 e. The van der Waals surface area contributed by atoms with Gasteiger partial charge in [-0.15, -0.1) is 0 Å². The van der Waals surface area contributed by atoms with Crippen molar-refractivity contribution in [2.45, 2.75) is 13.0 Å². The highest BCUT2D eigenvalue weighted by atomic mass is 16.4. The number of carbonyl (C=O) groups is 2. The van der Waals surface area contributed by atoms with E-state index in [1.54, 1.807) is 6.92 Å². The molecule has 82 valence electrons. The third kappa shape index (κ3) is 6.23. The van der Waals surface area contributed by atoms with Crippen molar-refractivity contribution in [1.82, 2.24) is 0 Å². The minimum atomic E-state index is -1.82. The van der Waals surface area contributed by atoms with E-state index in [0.717, 1.165) is 5.56 Å². The van der Waals surface area contributed by atoms with Crippen molar-refractivity contribution in [2.24, 2.45) is 0 Å². The van der Waals surface area contributed by atoms with Gasteiger partial charge in [-0.25, -0.2) is 9.59 Å². The van der Waals surface area contributed by atoms with Crippen LogP contribution in [0.3, 0.4) is 0 Å². The van der Waals surface area contributed by atoms with Crippen LogP contribution in [0.2, 0.25) is 0 Å². The molecular formula is C10H12O5. The molecule has 0 aliphatic rings. The van der Waals surface area contributed by atoms with Gasteiger partial charge in [-0.3, -0.25) is 0 Å². The molecule has 0 heterocycles. The van der Waals surface area contributed by atoms with Gasteiger partial charge < -0.3 is 15.3 Å². The molecule has 0 amide bonds. The van der Waals surface area contributed by atoms with E-state index in [4.69, 9.17) is 24.9 Å². The number of aliphatic hydroxyl groups is 1. The molecule has 1 atom stereocenters. The first-order valence-electron chi connectivity index (χ1n) is 4.14. The fourth-order valence-electron chi connectivity index (χ4n) is 0.732. The Balaban J connectivity index is 0.000000288. The number of aliphatic hydroxyl groups excluding tert-OH is 1. The average Bonchev–Trinajstić information content (AvgIpc) is 2.20. The molecule has 0 saturated heterocycles. The number of hydrogen-bond acceptors (Lipinski definition) is 3. The van der Waals surface area contributed by atoms with Gasteiger partial charge in [-0.1, -0.05) is 30.3 Å². The molecule has 1 unspecified atom stereocenters. The molecule has 5 heteroatoms. The summed E-state index contributed by atoms with van der Waals surface area (Å²) in [4.78, 5) is 18.2. The van der Waals surface area contributed by atoms with Crippen LogP contribution in [-0.4, -0.2) is 27.3 Å². The first-order valence-corrected chi connectivity index (χ1v) is 4.14. The first-order chi connectivity index (χ1) is 6.95. The largest absolute Gasteiger partial charge is 0.473 e. The molecule has 0 fully saturated rings. The molecule has 0 aromatic heterocycles. The molecule has 0 spiro atoms. The van der Waals surface area contributed by atoms with Crippen molar-refractivity contribution in [3.05, 3.63) is 35.9 Å². The minimum Gasteiger partial charge on any atom is -0.473 e. The van der Waals surface area contributed by atoms with Crippen LogP contribution in [0.5, 0.6) is 0 Å². The zero-order valence-corrected chi connectivity index (χ0v) is 8.12. The lowest BCUT2D eigenvalue weighted by molar-refractivity contribution is -0.159. The highest BCUT2D eigenvalue weighted by Gasteiger charge is 2.04. The molecule has 0 bridgehead atoms. The second-order valence-electron chi connectivity index (χ2n) is 2.70. The molecule has 1 rings (SSSR count). The van der Waals surface area contributed by atoms with E-state index < -0.39 is 11.9 Å². The van der Waals surface area contributed by atoms with Gasteiger partial charge in [0.15, 0.2) is 0 Å². The Morgan fingerprint density at radius 2 is 1.47 bits per heavy atom. The quantitative estimate of drug-likeness (QED) is 0.601. The van der Waals surface area contributed by atoms with Gasteiger partial charge in [-0.05, 0) is 12.5 Å². The predicted octanol–water partition coefficient (Wildman–Crippen LogP) is 0.895. The summed E-state index contributed by atoms with van der Waals surface area (Å²) in [5, 5.41) is 23.8. The first kappa shape index (κ1) is 13.1. The number of aliphatic carboxylic acids is 2. The third-order valence-corrected chi connectivity index (χ3v) is 1.46. The molecular weight excluding hydrogens is 200 g/mol. The predicted molar refractivity (Wildman–Crippen MR) is 52.3 cm³/mol. The zero-order chi connectivity index (χ0) is 11.8. The number of hydrogen-bond donors (Lipinski definition) is 3. The summed E-state index contributed by atoms with van der Waals surface area (Å²) in [6, 6.07) is 9.59. The third-order valence-electron chi connectivity index (χ3n) is 1.46. The highest BCUT2D eigenvalue weighted by molar-refractivity contribution is 6.27. The van der Waals surface area contributed by atoms with Gasteiger partial charge in [-0.2, -0.15) is 0 Å². The molecule has 1 aromatic rings. The highest BCUT2D eigenvalue weighted by Crippen LogP contribution is 2.08. The van der Waals surface area contributed by atoms with Crippen molar-refractivity contribution >= 4 is 11.9 Å². The molecule has 15 heavy (non-hydrogen) atoms. The van der Waals surface area contributed by atoms with E-state index in [1.165, 1.54) is 0 Å². The van der Waals surface area contributed by atoms with Crippen LogP contribution >= 0.6 is 0 Å². The van der Waals surface area contributed by atoms with Crippen molar-refractivity contribution in [1.29, 1.82) is 0 Å². The Hall–Kier alpha value is -1.88. The van der Waals surface area contributed by atoms with E-state index in [-0.39, 0.29) is 6.10 Å². The summed E-state index contributed by atoms with van der Waals surface area (Å²) in [5.74, 6) is -3.65. The Kier molecular flexibility index (Phi) is 5.73. The zero-order valence-electron chi connectivity index (χ0n) is 8.12. The average molecular weight is 212 g/mol. The summed E-state index contributed by atoms with van der Waals surface area (Å²) in [6.45, 7) is 1.76. The van der Waals surface area contributed by atoms with Crippen LogP contribution in [0.25, 0.3) is 0 Å². The van der Waals surface area contributed by atoms with Crippen molar-refractivity contribution in [3.8, 4) is 0 Å². The van der Waals surface area contributed by atoms with Gasteiger partial charge in [0.05, 0.1) is 6.10 Å². The van der Waals surface area contributed by atoms with Crippen LogP contribution in [0, 0.1) is 0 Å². The lowest BCUT2D eigenvalue weighted by Gasteiger charge is -2.00. The molecule has 0 aliphatic carbocycles. The van der Waals surface area contributed by atoms with Gasteiger partial charge in [0.25, 0.3) is 0 Å². The molecule has 3 N–H and O–H groups in total. The second kappa shape index (κ2) is 6.56. The topological polar surface area (TPSA) is 94.8 Å². The van der Waals surface area contributed by atoms with Crippen LogP contribution in [-0.2, 0) is 9.59 Å². The van der Waals surface area contributed by atoms with Crippen LogP contribution in [0.4, 0.5) is 0 Å². The fraction of sp³-hybridized carbons (Fsp3) is 0.200. The molecule has 0 saturated carbocycles. The van der Waals surface area contributed by atoms with Gasteiger partial charge >= 0.3 is 11.9 Å². The Morgan fingerprint density at radius 3 is 1.67 bits per heavy atom. The van der Waals surface area contributed by atoms with E-state index in [9.17, 15) is 0 Å². The fourth-order valence-corrected chi connectivity index (χ4v) is 0.732. The maximum Gasteiger partial charge on any atom is 0.414 e. The van der Waals surface area contributed by atoms with Gasteiger partial charge in [0.2, 0.25) is 0 Å². The van der Waals surface area contributed by atoms with E-state index in [0.29, 0.717) is 0 Å². The Labute approximate surface area is 86.6 Å². The summed E-state index contributed by atoms with van der Waals surface area (Å²) in [7, 11) is 0. The minimum absolute atomic E-state index is 0.341. The Morgan fingerprint density at radius 1 is 1.07 bits per heavy atom. The molecule has 5 nitrogen and oxygen atoms in total. The summed E-state index contributed by atoms with van der Waals surface area (Å²) in [6.07, 6.45) is -0.341. The normalized spacial score (nSPS) is 10.8. The maximum absolute atomic E-state index is 9.10. The molecule has 0 radical (unpaired) electrons. The van der Waals surface area contributed by atoms with Crippen LogP contribution < -0.4 is 0 Å². The number of carboxylic acid groups (broad SMARTS) is 2. The monoisotopic (exact) mass is 212 g/mol. The van der Waals surface area contributed by atoms with Gasteiger partial charge in [0.1, 0.15) is 0 Å². The van der Waals surface area contributed by atoms with E-state index >= 15 is 0 Å². The summed E-state index contributed by atoms with van der Waals surface area (Å²) in [5.41, 5.74) is 0.970. The maximum atomic E-state index is 9.10. The van der Waals surface area contributed by atoms with Crippen molar-refractivity contribution in [2.75, 3.05) is 0 Å². The molecule has 0 aliphatic heterocycles. The SMILES string of the molecule is CC(O)c1ccccc1.O=C(O)C(=O)O. The number of benzene rings is 1. The van der Waals surface area contributed by atoms with Crippen molar-refractivity contribution < 1.29 is 24.9 Å². The lowest BCUT2D eigenvalue weighted by Crippen LogP contribution is -2.09. The van der Waals surface area contributed by atoms with E-state index in [2.05, 4.69) is 0 Å². The summed E-state index contributed by atoms with van der Waals surface area (Å²) >= 11 is 0. The van der Waals surface area contributed by atoms with E-state index in [1.807, 2.05) is 30.3 Å². The lowest BCUT2D eigenvalue weighted by atomic mass is 10.1. The van der Waals surface area contributed by atoms with Crippen LogP contribution in [0.15, 0.2) is 30.3 Å².